The molecule has 19 heavy (non-hydrogen) atoms. The zero-order valence-corrected chi connectivity index (χ0v) is 11.6. The van der Waals surface area contributed by atoms with Crippen LogP contribution >= 0.6 is 0 Å². The third-order valence-electron chi connectivity index (χ3n) is 2.80. The molecule has 0 radical (unpaired) electrons. The zero-order valence-electron chi connectivity index (χ0n) is 11.6. The Morgan fingerprint density at radius 3 is 2.63 bits per heavy atom. The maximum Gasteiger partial charge on any atom is 0.251 e. The van der Waals surface area contributed by atoms with Gasteiger partial charge in [0.2, 0.25) is 0 Å². The Hall–Kier alpha value is -1.83. The Bertz CT molecular complexity index is 457. The van der Waals surface area contributed by atoms with Crippen LogP contribution in [-0.2, 0) is 0 Å². The molecule has 0 atom stereocenters. The van der Waals surface area contributed by atoms with Crippen molar-refractivity contribution < 1.29 is 4.79 Å². The summed E-state index contributed by atoms with van der Waals surface area (Å²) in [6.07, 6.45) is 0. The minimum atomic E-state index is -0.0529. The lowest BCUT2D eigenvalue weighted by atomic mass is 10.1. The number of benzene rings is 1. The second-order valence-corrected chi connectivity index (χ2v) is 4.24. The minimum absolute atomic E-state index is 0.0529. The third kappa shape index (κ3) is 5.56. The Morgan fingerprint density at radius 1 is 1.37 bits per heavy atom. The molecule has 4 heteroatoms. The van der Waals surface area contributed by atoms with Gasteiger partial charge in [0, 0.05) is 24.2 Å². The van der Waals surface area contributed by atoms with Crippen LogP contribution in [0.1, 0.15) is 22.8 Å². The van der Waals surface area contributed by atoms with Crippen LogP contribution in [0.3, 0.4) is 0 Å². The van der Waals surface area contributed by atoms with Crippen molar-refractivity contribution in [3.05, 3.63) is 35.4 Å². The summed E-state index contributed by atoms with van der Waals surface area (Å²) in [5, 5.41) is 2.89. The van der Waals surface area contributed by atoms with Crippen molar-refractivity contribution in [2.45, 2.75) is 6.92 Å². The molecule has 0 bridgehead atoms. The van der Waals surface area contributed by atoms with Gasteiger partial charge in [-0.1, -0.05) is 18.8 Å². The normalized spacial score (nSPS) is 9.89. The van der Waals surface area contributed by atoms with E-state index in [0.29, 0.717) is 18.7 Å². The minimum Gasteiger partial charge on any atom is -0.351 e. The Kier molecular flexibility index (Phi) is 6.65. The van der Waals surface area contributed by atoms with E-state index in [0.717, 1.165) is 18.7 Å². The van der Waals surface area contributed by atoms with Crippen LogP contribution in [0.4, 0.5) is 0 Å². The molecule has 0 aliphatic carbocycles. The number of amides is 1. The second kappa shape index (κ2) is 8.30. The van der Waals surface area contributed by atoms with Gasteiger partial charge in [-0.25, -0.2) is 0 Å². The van der Waals surface area contributed by atoms with Gasteiger partial charge in [-0.3, -0.25) is 4.79 Å². The Balaban J connectivity index is 2.49. The summed E-state index contributed by atoms with van der Waals surface area (Å²) in [7, 11) is 2.02. The summed E-state index contributed by atoms with van der Waals surface area (Å²) >= 11 is 0. The van der Waals surface area contributed by atoms with Gasteiger partial charge < -0.3 is 16.0 Å². The maximum atomic E-state index is 11.9. The molecule has 0 aliphatic heterocycles. The highest BCUT2D eigenvalue weighted by atomic mass is 16.1. The fourth-order valence-electron chi connectivity index (χ4n) is 1.48. The van der Waals surface area contributed by atoms with Crippen molar-refractivity contribution >= 4 is 5.91 Å². The van der Waals surface area contributed by atoms with Crippen LogP contribution in [0.2, 0.25) is 0 Å². The summed E-state index contributed by atoms with van der Waals surface area (Å²) in [6.45, 7) is 4.90. The van der Waals surface area contributed by atoms with E-state index in [1.807, 2.05) is 19.2 Å². The van der Waals surface area contributed by atoms with Crippen molar-refractivity contribution in [3.8, 4) is 11.8 Å². The molecule has 1 amide bonds. The van der Waals surface area contributed by atoms with E-state index < -0.39 is 0 Å². The maximum absolute atomic E-state index is 11.9. The quantitative estimate of drug-likeness (QED) is 0.765. The highest BCUT2D eigenvalue weighted by molar-refractivity contribution is 5.94. The number of nitrogens with two attached hydrogens (primary N) is 1. The summed E-state index contributed by atoms with van der Waals surface area (Å²) in [6, 6.07) is 7.21. The van der Waals surface area contributed by atoms with Gasteiger partial charge >= 0.3 is 0 Å². The molecule has 1 aromatic carbocycles. The lowest BCUT2D eigenvalue weighted by Gasteiger charge is -2.13. The number of nitrogens with one attached hydrogen (secondary N) is 1. The largest absolute Gasteiger partial charge is 0.351 e. The molecule has 1 aromatic rings. The molecule has 102 valence electrons. The molecule has 0 unspecified atom stereocenters. The second-order valence-electron chi connectivity index (χ2n) is 4.24. The van der Waals surface area contributed by atoms with Crippen LogP contribution in [-0.4, -0.2) is 44.0 Å². The average Bonchev–Trinajstić information content (AvgIpc) is 2.45. The van der Waals surface area contributed by atoms with Gasteiger partial charge in [0.25, 0.3) is 5.91 Å². The topological polar surface area (TPSA) is 58.4 Å². The molecule has 0 saturated carbocycles. The van der Waals surface area contributed by atoms with Gasteiger partial charge in [0.1, 0.15) is 0 Å². The number of rotatable bonds is 5. The Labute approximate surface area is 115 Å². The summed E-state index contributed by atoms with van der Waals surface area (Å²) in [4.78, 5) is 14.0. The smallest absolute Gasteiger partial charge is 0.251 e. The summed E-state index contributed by atoms with van der Waals surface area (Å²) in [5.74, 6) is 5.65. The van der Waals surface area contributed by atoms with Crippen molar-refractivity contribution in [3.63, 3.8) is 0 Å². The predicted octanol–water partition coefficient (Wildman–Crippen LogP) is 0.678. The van der Waals surface area contributed by atoms with Crippen LogP contribution < -0.4 is 11.1 Å². The number of hydrogen-bond acceptors (Lipinski definition) is 3. The molecule has 0 heterocycles. The molecule has 0 saturated heterocycles. The SMILES string of the molecule is CCN(C)CCNC(=O)c1ccc(C#CCN)cc1. The molecule has 1 rings (SSSR count). The van der Waals surface area contributed by atoms with Gasteiger partial charge in [-0.15, -0.1) is 0 Å². The van der Waals surface area contributed by atoms with Gasteiger partial charge in [0.15, 0.2) is 0 Å². The first-order valence-electron chi connectivity index (χ1n) is 6.43. The first-order valence-corrected chi connectivity index (χ1v) is 6.43. The van der Waals surface area contributed by atoms with Gasteiger partial charge in [0.05, 0.1) is 6.54 Å². The average molecular weight is 259 g/mol. The number of carbonyl (C=O) groups is 1. The molecule has 3 N–H and O–H groups in total. The Morgan fingerprint density at radius 2 is 2.05 bits per heavy atom. The fourth-order valence-corrected chi connectivity index (χ4v) is 1.48. The van der Waals surface area contributed by atoms with Crippen LogP contribution in [0.5, 0.6) is 0 Å². The first-order chi connectivity index (χ1) is 9.17. The predicted molar refractivity (Wildman–Crippen MR) is 77.9 cm³/mol. The van der Waals surface area contributed by atoms with Crippen LogP contribution in [0, 0.1) is 11.8 Å². The van der Waals surface area contributed by atoms with E-state index in [1.54, 1.807) is 12.1 Å². The fraction of sp³-hybridized carbons (Fsp3) is 0.400. The molecular weight excluding hydrogens is 238 g/mol. The van der Waals surface area contributed by atoms with E-state index in [9.17, 15) is 4.79 Å². The highest BCUT2D eigenvalue weighted by Gasteiger charge is 2.04. The van der Waals surface area contributed by atoms with E-state index >= 15 is 0 Å². The lowest BCUT2D eigenvalue weighted by Crippen LogP contribution is -2.32. The number of carbonyl (C=O) groups excluding carboxylic acids is 1. The van der Waals surface area contributed by atoms with Crippen molar-refractivity contribution in [1.29, 1.82) is 0 Å². The molecule has 4 nitrogen and oxygen atoms in total. The molecule has 0 aliphatic rings. The molecule has 0 fully saturated rings. The third-order valence-corrected chi connectivity index (χ3v) is 2.80. The highest BCUT2D eigenvalue weighted by Crippen LogP contribution is 2.03. The molecule has 0 spiro atoms. The monoisotopic (exact) mass is 259 g/mol. The number of likely N-dealkylation sites (N-methyl/N-ethyl adjacent to an activating group) is 1. The molecule has 0 aromatic heterocycles. The van der Waals surface area contributed by atoms with Crippen molar-refractivity contribution in [2.24, 2.45) is 5.73 Å². The van der Waals surface area contributed by atoms with Gasteiger partial charge in [-0.05, 0) is 37.9 Å². The van der Waals surface area contributed by atoms with Gasteiger partial charge in [-0.2, -0.15) is 0 Å². The van der Waals surface area contributed by atoms with E-state index in [-0.39, 0.29) is 5.91 Å². The standard InChI is InChI=1S/C15H21N3O/c1-3-18(2)12-11-17-15(19)14-8-6-13(7-9-14)5-4-10-16/h6-9H,3,10-12,16H2,1-2H3,(H,17,19). The van der Waals surface area contributed by atoms with Crippen molar-refractivity contribution in [1.82, 2.24) is 10.2 Å². The van der Waals surface area contributed by atoms with Crippen LogP contribution in [0.25, 0.3) is 0 Å². The number of hydrogen-bond donors (Lipinski definition) is 2. The van der Waals surface area contributed by atoms with E-state index in [2.05, 4.69) is 29.0 Å². The summed E-state index contributed by atoms with van der Waals surface area (Å²) < 4.78 is 0. The van der Waals surface area contributed by atoms with Crippen molar-refractivity contribution in [2.75, 3.05) is 33.2 Å². The number of nitrogens with zero attached hydrogens (tertiary/aromatic N) is 1. The van der Waals surface area contributed by atoms with E-state index in [1.165, 1.54) is 0 Å². The van der Waals surface area contributed by atoms with E-state index in [4.69, 9.17) is 5.73 Å². The molecular formula is C15H21N3O. The zero-order chi connectivity index (χ0) is 14.1. The lowest BCUT2D eigenvalue weighted by molar-refractivity contribution is 0.0950. The summed E-state index contributed by atoms with van der Waals surface area (Å²) in [5.41, 5.74) is 6.82. The van der Waals surface area contributed by atoms with Crippen LogP contribution in [0.15, 0.2) is 24.3 Å². The first kappa shape index (κ1) is 15.2.